The van der Waals surface area contributed by atoms with Gasteiger partial charge < -0.3 is 4.98 Å². The van der Waals surface area contributed by atoms with E-state index in [1.54, 1.807) is 19.1 Å². The second-order valence-electron chi connectivity index (χ2n) is 5.89. The predicted octanol–water partition coefficient (Wildman–Crippen LogP) is 3.62. The maximum Gasteiger partial charge on any atom is 0.294 e. The molecule has 0 bridgehead atoms. The number of halogens is 1. The van der Waals surface area contributed by atoms with E-state index in [4.69, 9.17) is 11.6 Å². The van der Waals surface area contributed by atoms with Crippen LogP contribution >= 0.6 is 11.6 Å². The van der Waals surface area contributed by atoms with Gasteiger partial charge in [0.2, 0.25) is 5.65 Å². The molecule has 2 aromatic carbocycles. The number of H-pyrrole nitrogens is 1. The van der Waals surface area contributed by atoms with Crippen molar-refractivity contribution in [3.05, 3.63) is 79.7 Å². The van der Waals surface area contributed by atoms with Crippen LogP contribution in [0.25, 0.3) is 28.3 Å². The van der Waals surface area contributed by atoms with Gasteiger partial charge in [-0.15, -0.1) is 5.10 Å². The van der Waals surface area contributed by atoms with E-state index in [1.165, 1.54) is 28.8 Å². The van der Waals surface area contributed by atoms with E-state index in [0.717, 1.165) is 5.56 Å². The van der Waals surface area contributed by atoms with Gasteiger partial charge in [0.05, 0.1) is 16.3 Å². The lowest BCUT2D eigenvalue weighted by atomic mass is 10.1. The molecule has 134 valence electrons. The van der Waals surface area contributed by atoms with Gasteiger partial charge in [0, 0.05) is 28.3 Å². The molecule has 0 amide bonds. The van der Waals surface area contributed by atoms with Crippen LogP contribution in [0.2, 0.25) is 5.02 Å². The fourth-order valence-electron chi connectivity index (χ4n) is 2.86. The third kappa shape index (κ3) is 2.96. The lowest BCUT2D eigenvalue weighted by Gasteiger charge is -2.05. The number of aromatic amines is 1. The average molecular weight is 382 g/mol. The molecule has 2 aromatic heterocycles. The largest absolute Gasteiger partial charge is 0.302 e. The monoisotopic (exact) mass is 381 g/mol. The SMILES string of the molecule is Cc1nc2c(=O)[nH]c(-c3ccc([N+](=O)[O-])cc3)nn2c1-c1ccc(Cl)cc1. The molecule has 0 aliphatic heterocycles. The first kappa shape index (κ1) is 16.9. The van der Waals surface area contributed by atoms with Crippen LogP contribution in [0.1, 0.15) is 5.69 Å². The number of hydrogen-bond acceptors (Lipinski definition) is 5. The van der Waals surface area contributed by atoms with Gasteiger partial charge in [0.15, 0.2) is 5.82 Å². The molecule has 0 saturated heterocycles. The van der Waals surface area contributed by atoms with Crippen LogP contribution in [0.4, 0.5) is 5.69 Å². The third-order valence-corrected chi connectivity index (χ3v) is 4.38. The summed E-state index contributed by atoms with van der Waals surface area (Å²) in [5.41, 5.74) is 2.42. The van der Waals surface area contributed by atoms with Crippen molar-refractivity contribution in [3.63, 3.8) is 0 Å². The predicted molar refractivity (Wildman–Crippen MR) is 101 cm³/mol. The molecule has 2 heterocycles. The minimum absolute atomic E-state index is 0.0393. The van der Waals surface area contributed by atoms with Crippen LogP contribution in [-0.2, 0) is 0 Å². The van der Waals surface area contributed by atoms with Gasteiger partial charge in [0.25, 0.3) is 11.2 Å². The number of imidazole rings is 1. The summed E-state index contributed by atoms with van der Waals surface area (Å²) in [6.07, 6.45) is 0. The van der Waals surface area contributed by atoms with Crippen LogP contribution in [-0.4, -0.2) is 24.5 Å². The van der Waals surface area contributed by atoms with E-state index < -0.39 is 10.5 Å². The van der Waals surface area contributed by atoms with E-state index in [1.807, 2.05) is 12.1 Å². The van der Waals surface area contributed by atoms with E-state index in [-0.39, 0.29) is 17.2 Å². The molecular formula is C18H12ClN5O3. The molecule has 27 heavy (non-hydrogen) atoms. The number of nitro groups is 1. The lowest BCUT2D eigenvalue weighted by molar-refractivity contribution is -0.384. The summed E-state index contributed by atoms with van der Waals surface area (Å²) in [5.74, 6) is 0.287. The molecule has 0 saturated carbocycles. The van der Waals surface area contributed by atoms with Crippen molar-refractivity contribution in [1.82, 2.24) is 19.6 Å². The first-order valence-corrected chi connectivity index (χ1v) is 8.32. The number of nitrogens with zero attached hydrogens (tertiary/aromatic N) is 4. The summed E-state index contributed by atoms with van der Waals surface area (Å²) in [6.45, 7) is 1.80. The second-order valence-corrected chi connectivity index (χ2v) is 6.33. The van der Waals surface area contributed by atoms with Crippen molar-refractivity contribution in [1.29, 1.82) is 0 Å². The molecule has 4 aromatic rings. The molecular weight excluding hydrogens is 370 g/mol. The Hall–Kier alpha value is -3.52. The summed E-state index contributed by atoms with van der Waals surface area (Å²) in [5, 5.41) is 15.9. The quantitative estimate of drug-likeness (QED) is 0.431. The van der Waals surface area contributed by atoms with Crippen LogP contribution in [0.5, 0.6) is 0 Å². The topological polar surface area (TPSA) is 106 Å². The normalized spacial score (nSPS) is 11.0. The Labute approximate surface area is 157 Å². The third-order valence-electron chi connectivity index (χ3n) is 4.13. The summed E-state index contributed by atoms with van der Waals surface area (Å²) in [4.78, 5) is 29.8. The molecule has 4 rings (SSSR count). The van der Waals surface area contributed by atoms with Crippen LogP contribution in [0, 0.1) is 17.0 Å². The summed E-state index contributed by atoms with van der Waals surface area (Å²) in [7, 11) is 0. The molecule has 0 spiro atoms. The molecule has 9 heteroatoms. The van der Waals surface area contributed by atoms with Crippen molar-refractivity contribution in [2.75, 3.05) is 0 Å². The molecule has 0 radical (unpaired) electrons. The Morgan fingerprint density at radius 3 is 2.33 bits per heavy atom. The molecule has 0 aliphatic carbocycles. The minimum atomic E-state index is -0.485. The van der Waals surface area contributed by atoms with Crippen LogP contribution in [0.3, 0.4) is 0 Å². The van der Waals surface area contributed by atoms with Gasteiger partial charge in [-0.25, -0.2) is 9.50 Å². The summed E-state index contributed by atoms with van der Waals surface area (Å²) < 4.78 is 1.48. The number of aryl methyl sites for hydroxylation is 1. The smallest absolute Gasteiger partial charge is 0.294 e. The highest BCUT2D eigenvalue weighted by atomic mass is 35.5. The zero-order chi connectivity index (χ0) is 19.1. The Morgan fingerprint density at radius 1 is 1.07 bits per heavy atom. The Morgan fingerprint density at radius 2 is 1.70 bits per heavy atom. The number of rotatable bonds is 3. The molecule has 0 fully saturated rings. The van der Waals surface area contributed by atoms with Gasteiger partial charge in [-0.3, -0.25) is 14.9 Å². The fourth-order valence-corrected chi connectivity index (χ4v) is 2.99. The molecule has 0 atom stereocenters. The van der Waals surface area contributed by atoms with Crippen molar-refractivity contribution in [3.8, 4) is 22.6 Å². The lowest BCUT2D eigenvalue weighted by Crippen LogP contribution is -2.14. The van der Waals surface area contributed by atoms with E-state index >= 15 is 0 Å². The number of benzene rings is 2. The van der Waals surface area contributed by atoms with Crippen molar-refractivity contribution in [2.24, 2.45) is 0 Å². The molecule has 8 nitrogen and oxygen atoms in total. The standard InChI is InChI=1S/C18H12ClN5O3/c1-10-15(11-2-6-13(19)7-3-11)23-17(20-10)18(25)21-16(22-23)12-4-8-14(9-5-12)24(26)27/h2-9H,1H3,(H,21,22,25). The number of nitrogens with one attached hydrogen (secondary N) is 1. The van der Waals surface area contributed by atoms with E-state index in [9.17, 15) is 14.9 Å². The number of hydrogen-bond donors (Lipinski definition) is 1. The van der Waals surface area contributed by atoms with Gasteiger partial charge in [0.1, 0.15) is 0 Å². The Balaban J connectivity index is 1.92. The molecule has 0 unspecified atom stereocenters. The maximum absolute atomic E-state index is 12.5. The van der Waals surface area contributed by atoms with Gasteiger partial charge in [-0.1, -0.05) is 23.7 Å². The summed E-state index contributed by atoms with van der Waals surface area (Å²) in [6, 6.07) is 12.9. The highest BCUT2D eigenvalue weighted by Crippen LogP contribution is 2.25. The highest BCUT2D eigenvalue weighted by Gasteiger charge is 2.16. The first-order chi connectivity index (χ1) is 12.9. The second kappa shape index (κ2) is 6.33. The number of aromatic nitrogens is 4. The average Bonchev–Trinajstić information content (AvgIpc) is 2.99. The summed E-state index contributed by atoms with van der Waals surface area (Å²) >= 11 is 5.96. The number of fused-ring (bicyclic) bond motifs is 1. The van der Waals surface area contributed by atoms with Gasteiger partial charge >= 0.3 is 0 Å². The maximum atomic E-state index is 12.5. The van der Waals surface area contributed by atoms with Crippen LogP contribution in [0.15, 0.2) is 53.3 Å². The Kier molecular flexibility index (Phi) is 3.97. The minimum Gasteiger partial charge on any atom is -0.302 e. The Bertz CT molecular complexity index is 1230. The van der Waals surface area contributed by atoms with Crippen molar-refractivity contribution < 1.29 is 4.92 Å². The van der Waals surface area contributed by atoms with Crippen LogP contribution < -0.4 is 5.56 Å². The number of non-ortho nitro benzene ring substituents is 1. The van der Waals surface area contributed by atoms with Gasteiger partial charge in [-0.05, 0) is 31.2 Å². The highest BCUT2D eigenvalue weighted by molar-refractivity contribution is 6.30. The number of nitro benzene ring substituents is 1. The molecule has 1 N–H and O–H groups in total. The van der Waals surface area contributed by atoms with E-state index in [2.05, 4.69) is 15.1 Å². The zero-order valence-corrected chi connectivity index (χ0v) is 14.8. The fraction of sp³-hybridized carbons (Fsp3) is 0.0556. The van der Waals surface area contributed by atoms with Gasteiger partial charge in [-0.2, -0.15) is 0 Å². The molecule has 0 aliphatic rings. The first-order valence-electron chi connectivity index (χ1n) is 7.94. The van der Waals surface area contributed by atoms with E-state index in [0.29, 0.717) is 22.0 Å². The zero-order valence-electron chi connectivity index (χ0n) is 14.0. The van der Waals surface area contributed by atoms with Crippen molar-refractivity contribution >= 4 is 22.9 Å². The van der Waals surface area contributed by atoms with Crippen molar-refractivity contribution in [2.45, 2.75) is 6.92 Å².